The number of phosphoric ester groups is 1. The summed E-state index contributed by atoms with van der Waals surface area (Å²) in [5.74, 6) is 0.658. The molecule has 1 fully saturated rings. The van der Waals surface area contributed by atoms with Gasteiger partial charge in [0.1, 0.15) is 5.75 Å². The fraction of sp³-hybridized carbons (Fsp3) is 0.367. The Morgan fingerprint density at radius 2 is 1.32 bits per heavy atom. The first-order valence-electron chi connectivity index (χ1n) is 13.8. The zero-order valence-corrected chi connectivity index (χ0v) is 32.7. The van der Waals surface area contributed by atoms with Crippen LogP contribution in [0.2, 0.25) is 10.0 Å². The molecule has 0 spiro atoms. The molecule has 0 radical (unpaired) electrons. The zero-order chi connectivity index (χ0) is 35.3. The van der Waals surface area contributed by atoms with Crippen LogP contribution in [-0.4, -0.2) is 58.6 Å². The summed E-state index contributed by atoms with van der Waals surface area (Å²) in [7, 11) is -2.20. The number of phosphoric acid groups is 1. The molecule has 0 unspecified atom stereocenters. The van der Waals surface area contributed by atoms with Crippen molar-refractivity contribution in [3.63, 3.8) is 0 Å². The van der Waals surface area contributed by atoms with Gasteiger partial charge in [0.15, 0.2) is 5.76 Å². The van der Waals surface area contributed by atoms with E-state index in [9.17, 15) is 9.36 Å². The number of fused-ring (bicyclic) bond motifs is 1. The first kappa shape index (κ1) is 42.7. The van der Waals surface area contributed by atoms with Gasteiger partial charge >= 0.3 is 13.9 Å². The summed E-state index contributed by atoms with van der Waals surface area (Å²) in [4.78, 5) is 11.1. The van der Waals surface area contributed by atoms with Crippen LogP contribution in [0.3, 0.4) is 0 Å². The Labute approximate surface area is 319 Å². The average Bonchev–Trinajstić information content (AvgIpc) is 3.05. The highest BCUT2D eigenvalue weighted by Gasteiger charge is 2.47. The van der Waals surface area contributed by atoms with E-state index in [0.717, 1.165) is 16.3 Å². The molecule has 0 aliphatic heterocycles. The maximum Gasteiger partial charge on any atom is 0.530 e. The van der Waals surface area contributed by atoms with E-state index in [-0.39, 0.29) is 19.0 Å². The molecule has 47 heavy (non-hydrogen) atoms. The fourth-order valence-electron chi connectivity index (χ4n) is 3.83. The number of ether oxygens (including phenoxy) is 1. The van der Waals surface area contributed by atoms with Crippen molar-refractivity contribution >= 4 is 135 Å². The van der Waals surface area contributed by atoms with Crippen LogP contribution < -0.4 is 10.1 Å². The smallest absolute Gasteiger partial charge is 0.410 e. The van der Waals surface area contributed by atoms with E-state index in [4.69, 9.17) is 123 Å². The molecule has 1 aliphatic rings. The molecule has 3 aromatic carbocycles. The molecule has 1 saturated carbocycles. The second-order valence-corrected chi connectivity index (χ2v) is 14.9. The van der Waals surface area contributed by atoms with Crippen LogP contribution in [-0.2, 0) is 18.1 Å². The minimum Gasteiger partial charge on any atom is -0.410 e. The number of hydrogen-bond donors (Lipinski definition) is 1. The zero-order valence-electron chi connectivity index (χ0n) is 25.0. The van der Waals surface area contributed by atoms with Crippen molar-refractivity contribution in [1.29, 1.82) is 0 Å². The van der Waals surface area contributed by atoms with Gasteiger partial charge in [-0.15, -0.1) is 69.6 Å². The lowest BCUT2D eigenvalue weighted by Gasteiger charge is -2.37. The van der Waals surface area contributed by atoms with Crippen LogP contribution in [0.15, 0.2) is 66.2 Å². The van der Waals surface area contributed by atoms with Crippen LogP contribution in [0.5, 0.6) is 5.75 Å². The number of alkyl halides is 6. The molecule has 3 aromatic rings. The van der Waals surface area contributed by atoms with Gasteiger partial charge in [-0.05, 0) is 43.5 Å². The molecule has 1 N–H and O–H groups in total. The lowest BCUT2D eigenvalue weighted by molar-refractivity contribution is 0.159. The highest BCUT2D eigenvalue weighted by atomic mass is 35.5. The van der Waals surface area contributed by atoms with Crippen LogP contribution in [0.1, 0.15) is 19.4 Å². The third-order valence-corrected chi connectivity index (χ3v) is 12.4. The van der Waals surface area contributed by atoms with Crippen molar-refractivity contribution in [3.8, 4) is 5.75 Å². The number of amides is 1. The molecule has 0 aromatic heterocycles. The number of nitrogens with one attached hydrogen (secondary N) is 1. The first-order chi connectivity index (χ1) is 22.2. The summed E-state index contributed by atoms with van der Waals surface area (Å²) in [5.41, 5.74) is 1.55. The van der Waals surface area contributed by atoms with Gasteiger partial charge in [0.25, 0.3) is 0 Å². The van der Waals surface area contributed by atoms with Crippen molar-refractivity contribution in [2.75, 3.05) is 20.3 Å². The van der Waals surface area contributed by atoms with E-state index < -0.39 is 46.2 Å². The highest BCUT2D eigenvalue weighted by molar-refractivity contribution is 7.48. The van der Waals surface area contributed by atoms with Crippen molar-refractivity contribution in [3.05, 3.63) is 81.8 Å². The number of carbonyl (C=O) groups is 1. The van der Waals surface area contributed by atoms with Gasteiger partial charge in [0.2, 0.25) is 0 Å². The number of carbonyl (C=O) groups excluding carboxylic acids is 1. The van der Waals surface area contributed by atoms with Crippen LogP contribution >= 0.6 is 112 Å². The Morgan fingerprint density at radius 1 is 0.809 bits per heavy atom. The molecule has 17 heteroatoms. The fourth-order valence-corrected chi connectivity index (χ4v) is 8.09. The van der Waals surface area contributed by atoms with Gasteiger partial charge in [-0.2, -0.15) is 0 Å². The Hall–Kier alpha value is -0.510. The quantitative estimate of drug-likeness (QED) is 0.138. The summed E-state index contributed by atoms with van der Waals surface area (Å²) in [6.45, 7) is 3.69. The van der Waals surface area contributed by atoms with E-state index in [0.29, 0.717) is 21.4 Å². The second kappa shape index (κ2) is 21.0. The van der Waals surface area contributed by atoms with E-state index in [2.05, 4.69) is 5.32 Å². The third kappa shape index (κ3) is 12.6. The predicted octanol–water partition coefficient (Wildman–Crippen LogP) is 11.9. The third-order valence-electron chi connectivity index (χ3n) is 6.06. The minimum absolute atomic E-state index is 0.0820. The largest absolute Gasteiger partial charge is 0.530 e. The number of hydrogen-bond acceptors (Lipinski definition) is 6. The van der Waals surface area contributed by atoms with Crippen molar-refractivity contribution < 1.29 is 27.7 Å². The summed E-state index contributed by atoms with van der Waals surface area (Å²) >= 11 is 52.9. The first-order valence-corrected chi connectivity index (χ1v) is 19.1. The Balaban J connectivity index is 0.000000253. The standard InChI is InChI=1S/C12H14Cl3O4P.C12H11NO2.C6H6Cl6/c1-3-17-20(16,18-4-2)19-12(8-13)10-6-5-9(14)7-11(10)15;1-13-12(14)15-11-8-4-6-9-5-2-3-7-10(9)11;7-1-2(8)4(10)6(12)5(11)3(1)9/h5-8H,3-4H2,1-2H3;2-8H,1H3,(H,13,14);1-6H/b12-8-;;. The molecule has 4 rings (SSSR count). The molecule has 1 aliphatic carbocycles. The SMILES string of the molecule is CCOP(=O)(OCC)O/C(=C\Cl)c1ccc(Cl)cc1Cl.CNC(=O)Oc1cccc2ccccc12.ClC1C(Cl)C(Cl)C(Cl)C(Cl)C1Cl. The van der Waals surface area contributed by atoms with Crippen molar-refractivity contribution in [2.24, 2.45) is 0 Å². The van der Waals surface area contributed by atoms with E-state index >= 15 is 0 Å². The molecular formula is C30H31Cl9NO6P. The van der Waals surface area contributed by atoms with E-state index in [1.165, 1.54) is 13.1 Å². The molecule has 0 saturated heterocycles. The molecule has 0 bridgehead atoms. The molecule has 0 heterocycles. The van der Waals surface area contributed by atoms with Gasteiger partial charge in [0.05, 0.1) is 50.5 Å². The van der Waals surface area contributed by atoms with Crippen LogP contribution in [0, 0.1) is 0 Å². The lowest BCUT2D eigenvalue weighted by Crippen LogP contribution is -2.52. The van der Waals surface area contributed by atoms with E-state index in [1.54, 1.807) is 32.0 Å². The minimum atomic E-state index is -3.73. The second-order valence-electron chi connectivity index (χ2n) is 9.25. The topological polar surface area (TPSA) is 83.1 Å². The van der Waals surface area contributed by atoms with Crippen molar-refractivity contribution in [2.45, 2.75) is 46.1 Å². The van der Waals surface area contributed by atoms with E-state index in [1.807, 2.05) is 36.4 Å². The van der Waals surface area contributed by atoms with Gasteiger partial charge in [-0.25, -0.2) is 9.36 Å². The summed E-state index contributed by atoms with van der Waals surface area (Å²) in [6.07, 6.45) is -0.452. The Morgan fingerprint density at radius 3 is 1.79 bits per heavy atom. The van der Waals surface area contributed by atoms with Crippen molar-refractivity contribution in [1.82, 2.24) is 5.32 Å². The summed E-state index contributed by atoms with van der Waals surface area (Å²) in [6, 6.07) is 18.1. The molecule has 0 atom stereocenters. The average molecular weight is 852 g/mol. The predicted molar refractivity (Wildman–Crippen MR) is 199 cm³/mol. The molecule has 260 valence electrons. The number of benzene rings is 3. The van der Waals surface area contributed by atoms with Gasteiger partial charge in [-0.1, -0.05) is 71.2 Å². The van der Waals surface area contributed by atoms with Gasteiger partial charge < -0.3 is 14.6 Å². The van der Waals surface area contributed by atoms with Gasteiger partial charge in [0, 0.05) is 28.6 Å². The van der Waals surface area contributed by atoms with Gasteiger partial charge in [-0.3, -0.25) is 9.05 Å². The Kier molecular flexibility index (Phi) is 19.1. The van der Waals surface area contributed by atoms with Crippen LogP contribution in [0.4, 0.5) is 4.79 Å². The highest BCUT2D eigenvalue weighted by Crippen LogP contribution is 2.53. The monoisotopic (exact) mass is 847 g/mol. The lowest BCUT2D eigenvalue weighted by atomic mass is 9.97. The maximum atomic E-state index is 12.3. The molecular weight excluding hydrogens is 820 g/mol. The maximum absolute atomic E-state index is 12.3. The van der Waals surface area contributed by atoms with Crippen LogP contribution in [0.25, 0.3) is 16.5 Å². The molecule has 7 nitrogen and oxygen atoms in total. The normalized spacial score (nSPS) is 22.7. The molecule has 1 amide bonds. The number of halogens is 9. The Bertz CT molecular complexity index is 1460. The number of rotatable bonds is 8. The summed E-state index contributed by atoms with van der Waals surface area (Å²) in [5, 5.41) is 2.56. The summed E-state index contributed by atoms with van der Waals surface area (Å²) < 4.78 is 32.8.